The molecule has 1 heterocycles. The highest BCUT2D eigenvalue weighted by molar-refractivity contribution is 5.49. The fraction of sp³-hybridized carbons (Fsp3) is 0.368. The first-order valence-corrected chi connectivity index (χ1v) is 8.13. The summed E-state index contributed by atoms with van der Waals surface area (Å²) in [5, 5.41) is 2.29. The highest BCUT2D eigenvalue weighted by Gasteiger charge is 2.14. The van der Waals surface area contributed by atoms with Crippen LogP contribution in [0.5, 0.6) is 23.0 Å². The van der Waals surface area contributed by atoms with E-state index in [1.54, 1.807) is 14.2 Å². The number of methoxy groups -OCH3 is 2. The summed E-state index contributed by atoms with van der Waals surface area (Å²) in [6.45, 7) is 4.21. The Morgan fingerprint density at radius 3 is 2.67 bits per heavy atom. The second kappa shape index (κ2) is 7.45. The molecule has 0 unspecified atom stereocenters. The summed E-state index contributed by atoms with van der Waals surface area (Å²) in [5.41, 5.74) is 3.48. The van der Waals surface area contributed by atoms with Crippen LogP contribution in [0.25, 0.3) is 0 Å². The van der Waals surface area contributed by atoms with Gasteiger partial charge in [-0.25, -0.2) is 0 Å². The maximum absolute atomic E-state index is 5.55. The van der Waals surface area contributed by atoms with Gasteiger partial charge in [0, 0.05) is 17.5 Å². The number of ether oxygens (including phenoxy) is 4. The molecule has 0 fully saturated rings. The van der Waals surface area contributed by atoms with Crippen molar-refractivity contribution in [3.8, 4) is 23.0 Å². The Morgan fingerprint density at radius 2 is 1.88 bits per heavy atom. The van der Waals surface area contributed by atoms with Gasteiger partial charge in [-0.05, 0) is 36.8 Å². The van der Waals surface area contributed by atoms with Crippen LogP contribution in [0.4, 0.5) is 0 Å². The molecule has 0 atom stereocenters. The normalized spacial score (nSPS) is 12.3. The molecule has 24 heavy (non-hydrogen) atoms. The van der Waals surface area contributed by atoms with E-state index in [1.807, 2.05) is 19.1 Å². The molecule has 0 amide bonds. The van der Waals surface area contributed by atoms with Crippen molar-refractivity contribution in [1.82, 2.24) is 0 Å². The quantitative estimate of drug-likeness (QED) is 0.790. The van der Waals surface area contributed by atoms with Crippen molar-refractivity contribution < 1.29 is 24.3 Å². The molecule has 0 aliphatic carbocycles. The van der Waals surface area contributed by atoms with Gasteiger partial charge in [0.1, 0.15) is 18.0 Å². The lowest BCUT2D eigenvalue weighted by Gasteiger charge is -2.13. The molecule has 2 N–H and O–H groups in total. The van der Waals surface area contributed by atoms with Gasteiger partial charge in [-0.1, -0.05) is 6.07 Å². The molecule has 0 radical (unpaired) electrons. The van der Waals surface area contributed by atoms with Gasteiger partial charge in [0.15, 0.2) is 11.5 Å². The number of rotatable bonds is 7. The first-order chi connectivity index (χ1) is 11.7. The van der Waals surface area contributed by atoms with E-state index in [1.165, 1.54) is 11.1 Å². The molecule has 0 spiro atoms. The molecule has 128 valence electrons. The maximum atomic E-state index is 5.55. The van der Waals surface area contributed by atoms with Crippen molar-refractivity contribution in [1.29, 1.82) is 0 Å². The number of hydrogen-bond donors (Lipinski definition) is 1. The fourth-order valence-electron chi connectivity index (χ4n) is 3.02. The number of nitrogens with two attached hydrogens (primary N) is 1. The van der Waals surface area contributed by atoms with Gasteiger partial charge in [-0.15, -0.1) is 0 Å². The summed E-state index contributed by atoms with van der Waals surface area (Å²) in [6, 6.07) is 10.2. The third-order valence-electron chi connectivity index (χ3n) is 4.30. The van der Waals surface area contributed by atoms with Crippen molar-refractivity contribution in [3.63, 3.8) is 0 Å². The molecule has 1 aliphatic rings. The average molecular weight is 330 g/mol. The molecule has 0 bridgehead atoms. The van der Waals surface area contributed by atoms with E-state index in [-0.39, 0.29) is 0 Å². The Hall–Kier alpha value is -2.40. The third kappa shape index (κ3) is 3.41. The van der Waals surface area contributed by atoms with Crippen LogP contribution in [0.2, 0.25) is 0 Å². The van der Waals surface area contributed by atoms with Crippen LogP contribution in [-0.4, -0.2) is 27.6 Å². The molecule has 0 aromatic heterocycles. The van der Waals surface area contributed by atoms with E-state index in [4.69, 9.17) is 18.9 Å². The Balaban J connectivity index is 1.56. The van der Waals surface area contributed by atoms with Crippen LogP contribution in [0.15, 0.2) is 30.3 Å². The van der Waals surface area contributed by atoms with Crippen molar-refractivity contribution in [2.75, 3.05) is 27.6 Å². The number of fused-ring (bicyclic) bond motifs is 1. The molecule has 5 heteroatoms. The van der Waals surface area contributed by atoms with Crippen molar-refractivity contribution in [2.24, 2.45) is 0 Å². The second-order valence-electron chi connectivity index (χ2n) is 5.80. The van der Waals surface area contributed by atoms with Crippen molar-refractivity contribution >= 4 is 0 Å². The summed E-state index contributed by atoms with van der Waals surface area (Å²) in [6.07, 6.45) is 0.980. The Bertz CT molecular complexity index is 715. The van der Waals surface area contributed by atoms with Crippen LogP contribution >= 0.6 is 0 Å². The summed E-state index contributed by atoms with van der Waals surface area (Å²) < 4.78 is 21.7. The number of quaternary nitrogens is 1. The molecule has 3 rings (SSSR count). The van der Waals surface area contributed by atoms with Gasteiger partial charge in [0.05, 0.1) is 20.8 Å². The zero-order valence-electron chi connectivity index (χ0n) is 14.4. The van der Waals surface area contributed by atoms with Crippen LogP contribution < -0.4 is 24.3 Å². The Labute approximate surface area is 142 Å². The smallest absolute Gasteiger partial charge is 0.231 e. The molecule has 2 aromatic carbocycles. The molecular weight excluding hydrogens is 306 g/mol. The molecular formula is C19H24NO4+. The van der Waals surface area contributed by atoms with Crippen molar-refractivity contribution in [2.45, 2.75) is 19.9 Å². The predicted molar refractivity (Wildman–Crippen MR) is 91.0 cm³/mol. The zero-order chi connectivity index (χ0) is 16.9. The minimum Gasteiger partial charge on any atom is -0.496 e. The first-order valence-electron chi connectivity index (χ1n) is 8.13. The van der Waals surface area contributed by atoms with E-state index < -0.39 is 0 Å². The first kappa shape index (κ1) is 16.5. The van der Waals surface area contributed by atoms with E-state index in [0.29, 0.717) is 6.79 Å². The highest BCUT2D eigenvalue weighted by atomic mass is 16.7. The van der Waals surface area contributed by atoms with Gasteiger partial charge in [-0.3, -0.25) is 0 Å². The predicted octanol–water partition coefficient (Wildman–Crippen LogP) is 2.05. The lowest BCUT2D eigenvalue weighted by molar-refractivity contribution is -0.670. The van der Waals surface area contributed by atoms with Crippen molar-refractivity contribution in [3.05, 3.63) is 47.0 Å². The lowest BCUT2D eigenvalue weighted by atomic mass is 10.1. The topological polar surface area (TPSA) is 53.5 Å². The Morgan fingerprint density at radius 1 is 1.04 bits per heavy atom. The molecule has 2 aromatic rings. The summed E-state index contributed by atoms with van der Waals surface area (Å²) in [5.74, 6) is 3.45. The van der Waals surface area contributed by atoms with E-state index in [0.717, 1.165) is 48.1 Å². The minimum atomic E-state index is 0.321. The van der Waals surface area contributed by atoms with Crippen LogP contribution in [0.3, 0.4) is 0 Å². The Kier molecular flexibility index (Phi) is 5.11. The van der Waals surface area contributed by atoms with Gasteiger partial charge < -0.3 is 24.3 Å². The second-order valence-corrected chi connectivity index (χ2v) is 5.80. The van der Waals surface area contributed by atoms with Gasteiger partial charge in [0.25, 0.3) is 0 Å². The monoisotopic (exact) mass is 330 g/mol. The van der Waals surface area contributed by atoms with Crippen LogP contribution in [0, 0.1) is 6.92 Å². The molecule has 0 saturated heterocycles. The van der Waals surface area contributed by atoms with Crippen LogP contribution in [-0.2, 0) is 13.0 Å². The van der Waals surface area contributed by atoms with Gasteiger partial charge in [0.2, 0.25) is 6.79 Å². The van der Waals surface area contributed by atoms with Gasteiger partial charge in [-0.2, -0.15) is 0 Å². The number of hydrogen-bond acceptors (Lipinski definition) is 4. The van der Waals surface area contributed by atoms with Gasteiger partial charge >= 0.3 is 0 Å². The molecule has 5 nitrogen and oxygen atoms in total. The zero-order valence-corrected chi connectivity index (χ0v) is 14.4. The highest BCUT2D eigenvalue weighted by Crippen LogP contribution is 2.32. The van der Waals surface area contributed by atoms with E-state index >= 15 is 0 Å². The largest absolute Gasteiger partial charge is 0.496 e. The maximum Gasteiger partial charge on any atom is 0.231 e. The molecule has 0 saturated carbocycles. The SMILES string of the molecule is COc1ccc(C[NH2+]CCc2ccc3c(c2)OCO3)c(OC)c1C. The third-order valence-corrected chi connectivity index (χ3v) is 4.30. The van der Waals surface area contributed by atoms with E-state index in [9.17, 15) is 0 Å². The minimum absolute atomic E-state index is 0.321. The summed E-state index contributed by atoms with van der Waals surface area (Å²) >= 11 is 0. The fourth-order valence-corrected chi connectivity index (χ4v) is 3.02. The lowest BCUT2D eigenvalue weighted by Crippen LogP contribution is -2.83. The number of benzene rings is 2. The summed E-state index contributed by atoms with van der Waals surface area (Å²) in [4.78, 5) is 0. The molecule has 1 aliphatic heterocycles. The van der Waals surface area contributed by atoms with Crippen LogP contribution in [0.1, 0.15) is 16.7 Å². The standard InChI is InChI=1S/C19H23NO4/c1-13-16(21-2)7-5-15(19(13)22-3)11-20-9-8-14-4-6-17-18(10-14)24-12-23-17/h4-7,10,20H,8-9,11-12H2,1-3H3/p+1. The summed E-state index contributed by atoms with van der Waals surface area (Å²) in [7, 11) is 3.39. The van der Waals surface area contributed by atoms with E-state index in [2.05, 4.69) is 23.5 Å². The average Bonchev–Trinajstić information content (AvgIpc) is 3.06.